The van der Waals surface area contributed by atoms with E-state index in [9.17, 15) is 18.0 Å². The molecule has 0 unspecified atom stereocenters. The number of anilines is 2. The maximum atomic E-state index is 11.9. The minimum atomic E-state index is -5.08. The van der Waals surface area contributed by atoms with Crippen LogP contribution in [0, 0.1) is 6.92 Å². The summed E-state index contributed by atoms with van der Waals surface area (Å²) in [5.74, 6) is -1.32. The number of amides is 1. The van der Waals surface area contributed by atoms with Crippen LogP contribution >= 0.6 is 0 Å². The van der Waals surface area contributed by atoms with Crippen molar-refractivity contribution in [1.29, 1.82) is 0 Å². The minimum absolute atomic E-state index is 0.102. The Balaban J connectivity index is 0.000000298. The third-order valence-electron chi connectivity index (χ3n) is 4.65. The summed E-state index contributed by atoms with van der Waals surface area (Å²) in [4.78, 5) is 22.8. The Hall–Kier alpha value is -3.02. The number of carbonyl (C=O) groups is 2. The van der Waals surface area contributed by atoms with E-state index in [-0.39, 0.29) is 11.9 Å². The first kappa shape index (κ1) is 20.7. The highest BCUT2D eigenvalue weighted by atomic mass is 19.4. The number of aryl methyl sites for hydroxylation is 1. The van der Waals surface area contributed by atoms with E-state index in [1.54, 1.807) is 0 Å². The highest BCUT2D eigenvalue weighted by molar-refractivity contribution is 6.09. The molecule has 0 aliphatic carbocycles. The number of aliphatic carboxylic acids is 1. The second-order valence-corrected chi connectivity index (χ2v) is 6.78. The van der Waals surface area contributed by atoms with Crippen molar-refractivity contribution in [1.82, 2.24) is 10.7 Å². The van der Waals surface area contributed by atoms with Gasteiger partial charge in [0, 0.05) is 18.8 Å². The van der Waals surface area contributed by atoms with Crippen LogP contribution in [0.3, 0.4) is 0 Å². The van der Waals surface area contributed by atoms with Crippen molar-refractivity contribution in [2.24, 2.45) is 5.10 Å². The first-order valence-electron chi connectivity index (χ1n) is 8.78. The van der Waals surface area contributed by atoms with Crippen LogP contribution in [0.15, 0.2) is 17.2 Å². The number of ether oxygens (including phenoxy) is 1. The van der Waals surface area contributed by atoms with E-state index in [0.717, 1.165) is 41.6 Å². The normalized spacial score (nSPS) is 20.6. The van der Waals surface area contributed by atoms with Crippen LogP contribution in [-0.4, -0.2) is 60.8 Å². The van der Waals surface area contributed by atoms with Gasteiger partial charge in [-0.05, 0) is 31.5 Å². The standard InChI is InChI=1S/C15H19N5O2.C2HF3O2/c1-8-3-13-12(4-11(8)17-10-5-16-6-10)20-9(2)15(21)19-18-14(20)7-22-13;3-2(4,5)1(6)7/h3-4,9-10,16-17H,5-7H2,1-2H3,(H,19,21);(H,6,7)/t9-;/m1./s1. The van der Waals surface area contributed by atoms with E-state index in [0.29, 0.717) is 12.6 Å². The zero-order valence-electron chi connectivity index (χ0n) is 15.6. The van der Waals surface area contributed by atoms with Gasteiger partial charge in [0.25, 0.3) is 5.91 Å². The Morgan fingerprint density at radius 3 is 2.59 bits per heavy atom. The SMILES string of the molecule is Cc1cc2c(cc1NC1CNC1)N1C(=NNC(=O)[C@H]1C)CO2.O=C(O)C(F)(F)F. The van der Waals surface area contributed by atoms with Gasteiger partial charge in [-0.2, -0.15) is 18.3 Å². The second-order valence-electron chi connectivity index (χ2n) is 6.78. The van der Waals surface area contributed by atoms with Gasteiger partial charge in [-0.1, -0.05) is 0 Å². The zero-order valence-corrected chi connectivity index (χ0v) is 15.6. The smallest absolute Gasteiger partial charge is 0.483 e. The second kappa shape index (κ2) is 7.78. The van der Waals surface area contributed by atoms with E-state index in [2.05, 4.69) is 34.2 Å². The molecule has 1 aromatic carbocycles. The topological polar surface area (TPSA) is 115 Å². The number of fused-ring (bicyclic) bond motifs is 3. The summed E-state index contributed by atoms with van der Waals surface area (Å²) in [6.07, 6.45) is -5.08. The molecule has 4 rings (SSSR count). The van der Waals surface area contributed by atoms with Gasteiger partial charge in [-0.3, -0.25) is 4.79 Å². The number of carbonyl (C=O) groups excluding carboxylic acids is 1. The van der Waals surface area contributed by atoms with E-state index in [4.69, 9.17) is 14.6 Å². The van der Waals surface area contributed by atoms with Crippen LogP contribution in [0.2, 0.25) is 0 Å². The molecule has 3 aliphatic heterocycles. The Morgan fingerprint density at radius 2 is 2.03 bits per heavy atom. The number of hydrazone groups is 1. The fraction of sp³-hybridized carbons (Fsp3) is 0.471. The van der Waals surface area contributed by atoms with Gasteiger partial charge in [0.15, 0.2) is 5.84 Å². The molecule has 1 aromatic rings. The molecule has 4 N–H and O–H groups in total. The van der Waals surface area contributed by atoms with E-state index < -0.39 is 12.1 Å². The summed E-state index contributed by atoms with van der Waals surface area (Å²) in [6, 6.07) is 4.25. The number of halogens is 3. The number of nitrogens with zero attached hydrogens (tertiary/aromatic N) is 2. The van der Waals surface area contributed by atoms with E-state index in [1.807, 2.05) is 17.9 Å². The predicted octanol–water partition coefficient (Wildman–Crippen LogP) is 1.04. The maximum absolute atomic E-state index is 11.9. The van der Waals surface area contributed by atoms with E-state index in [1.165, 1.54) is 0 Å². The number of amidine groups is 1. The highest BCUT2D eigenvalue weighted by Crippen LogP contribution is 2.39. The summed E-state index contributed by atoms with van der Waals surface area (Å²) in [6.45, 7) is 6.26. The molecule has 9 nitrogen and oxygen atoms in total. The minimum Gasteiger partial charge on any atom is -0.483 e. The van der Waals surface area contributed by atoms with Crippen LogP contribution < -0.4 is 25.7 Å². The lowest BCUT2D eigenvalue weighted by molar-refractivity contribution is -0.192. The number of hydrogen-bond donors (Lipinski definition) is 4. The van der Waals surface area contributed by atoms with E-state index >= 15 is 0 Å². The Bertz CT molecular complexity index is 854. The van der Waals surface area contributed by atoms with Gasteiger partial charge in [-0.25, -0.2) is 10.2 Å². The molecule has 29 heavy (non-hydrogen) atoms. The van der Waals surface area contributed by atoms with Gasteiger partial charge < -0.3 is 25.4 Å². The Morgan fingerprint density at radius 1 is 1.38 bits per heavy atom. The largest absolute Gasteiger partial charge is 0.490 e. The van der Waals surface area contributed by atoms with Gasteiger partial charge in [0.05, 0.1) is 11.7 Å². The highest BCUT2D eigenvalue weighted by Gasteiger charge is 2.38. The van der Waals surface area contributed by atoms with Crippen molar-refractivity contribution in [3.05, 3.63) is 17.7 Å². The summed E-state index contributed by atoms with van der Waals surface area (Å²) in [5.41, 5.74) is 5.65. The lowest BCUT2D eigenvalue weighted by Gasteiger charge is -2.39. The molecule has 0 spiro atoms. The fourth-order valence-electron chi connectivity index (χ4n) is 2.94. The summed E-state index contributed by atoms with van der Waals surface area (Å²) in [5, 5.41) is 18.0. The molecule has 158 valence electrons. The lowest BCUT2D eigenvalue weighted by Crippen LogP contribution is -2.55. The van der Waals surface area contributed by atoms with Gasteiger partial charge >= 0.3 is 12.1 Å². The van der Waals surface area contributed by atoms with Crippen molar-refractivity contribution in [3.63, 3.8) is 0 Å². The van der Waals surface area contributed by atoms with Gasteiger partial charge in [0.2, 0.25) is 0 Å². The number of hydrogen-bond acceptors (Lipinski definition) is 7. The molecule has 0 bridgehead atoms. The van der Waals surface area contributed by atoms with Gasteiger partial charge in [0.1, 0.15) is 18.4 Å². The third kappa shape index (κ3) is 4.36. The molecular weight excluding hydrogens is 395 g/mol. The zero-order chi connectivity index (χ0) is 21.3. The average molecular weight is 415 g/mol. The van der Waals surface area contributed by atoms with Crippen LogP contribution in [0.4, 0.5) is 24.5 Å². The van der Waals surface area contributed by atoms with Crippen molar-refractivity contribution in [2.45, 2.75) is 32.1 Å². The summed E-state index contributed by atoms with van der Waals surface area (Å²) >= 11 is 0. The number of nitrogens with one attached hydrogen (secondary N) is 3. The number of rotatable bonds is 2. The number of benzene rings is 1. The van der Waals surface area contributed by atoms with Crippen LogP contribution in [0.5, 0.6) is 5.75 Å². The predicted molar refractivity (Wildman–Crippen MR) is 98.2 cm³/mol. The van der Waals surface area contributed by atoms with Crippen molar-refractivity contribution >= 4 is 29.1 Å². The Labute approximate surface area is 163 Å². The molecule has 1 atom stereocenters. The molecule has 3 heterocycles. The lowest BCUT2D eigenvalue weighted by atomic mass is 10.1. The number of alkyl halides is 3. The quantitative estimate of drug-likeness (QED) is 0.571. The Kier molecular flexibility index (Phi) is 5.55. The molecule has 3 aliphatic rings. The van der Waals surface area contributed by atoms with Crippen molar-refractivity contribution in [2.75, 3.05) is 29.9 Å². The third-order valence-corrected chi connectivity index (χ3v) is 4.65. The molecule has 0 radical (unpaired) electrons. The number of carboxylic acid groups (broad SMARTS) is 1. The molecular formula is C17H20F3N5O4. The molecule has 0 saturated carbocycles. The first-order valence-corrected chi connectivity index (χ1v) is 8.78. The summed E-state index contributed by atoms with van der Waals surface area (Å²) in [7, 11) is 0. The molecule has 1 fully saturated rings. The molecule has 1 amide bonds. The number of carboxylic acids is 1. The van der Waals surface area contributed by atoms with Gasteiger partial charge in [-0.15, -0.1) is 0 Å². The van der Waals surface area contributed by atoms with Crippen LogP contribution in [0.1, 0.15) is 12.5 Å². The summed E-state index contributed by atoms with van der Waals surface area (Å²) < 4.78 is 37.5. The van der Waals surface area contributed by atoms with Crippen molar-refractivity contribution < 1.29 is 32.6 Å². The fourth-order valence-corrected chi connectivity index (χ4v) is 2.94. The monoisotopic (exact) mass is 415 g/mol. The average Bonchev–Trinajstić information content (AvgIpc) is 2.61. The maximum Gasteiger partial charge on any atom is 0.490 e. The van der Waals surface area contributed by atoms with Crippen LogP contribution in [-0.2, 0) is 9.59 Å². The van der Waals surface area contributed by atoms with Crippen LogP contribution in [0.25, 0.3) is 0 Å². The molecule has 12 heteroatoms. The first-order chi connectivity index (χ1) is 13.6. The molecule has 0 aromatic heterocycles. The van der Waals surface area contributed by atoms with Crippen molar-refractivity contribution in [3.8, 4) is 5.75 Å². The molecule has 1 saturated heterocycles.